The smallest absolute Gasteiger partial charge is 0.305 e. The van der Waals surface area contributed by atoms with E-state index in [2.05, 4.69) is 55.6 Å². The molecule has 0 aromatic heterocycles. The van der Waals surface area contributed by atoms with Crippen LogP contribution in [-0.4, -0.2) is 47.4 Å². The normalized spacial score (nSPS) is 12.8. The minimum atomic E-state index is -0.840. The van der Waals surface area contributed by atoms with E-state index in [0.29, 0.717) is 19.4 Å². The van der Waals surface area contributed by atoms with Crippen molar-refractivity contribution in [3.05, 3.63) is 48.6 Å². The molecule has 0 saturated carbocycles. The monoisotopic (exact) mass is 1180 g/mol. The van der Waals surface area contributed by atoms with Gasteiger partial charge in [-0.1, -0.05) is 358 Å². The number of ether oxygens (including phenoxy) is 1. The van der Waals surface area contributed by atoms with Gasteiger partial charge in [-0.05, 0) is 89.9 Å². The van der Waals surface area contributed by atoms with E-state index in [1.165, 1.54) is 334 Å². The summed E-state index contributed by atoms with van der Waals surface area (Å²) < 4.78 is 5.50. The van der Waals surface area contributed by atoms with Crippen molar-refractivity contribution in [3.8, 4) is 0 Å². The second kappa shape index (κ2) is 73.3. The SMILES string of the molecule is CCCCC/C=C\C/C=C\CCCCCCCCCC(=O)OCCCCCCCCCCCCCCCCCCCC/C=C\CCCCCCCCCCCCCCCCCCCC(=O)NC(CO)C(O)/C=C/CCCCCCCCCCC. The van der Waals surface area contributed by atoms with Gasteiger partial charge in [-0.2, -0.15) is 0 Å². The number of amides is 1. The Morgan fingerprint density at radius 1 is 0.333 bits per heavy atom. The molecule has 2 atom stereocenters. The van der Waals surface area contributed by atoms with Crippen molar-refractivity contribution in [2.45, 2.75) is 424 Å². The fourth-order valence-electron chi connectivity index (χ4n) is 11.8. The first-order chi connectivity index (χ1) is 41.5. The number of rotatable bonds is 71. The van der Waals surface area contributed by atoms with Gasteiger partial charge in [0.1, 0.15) is 0 Å². The maximum atomic E-state index is 12.4. The molecule has 0 aromatic carbocycles. The van der Waals surface area contributed by atoms with E-state index >= 15 is 0 Å². The number of carbonyl (C=O) groups is 2. The zero-order valence-electron chi connectivity index (χ0n) is 56.6. The Morgan fingerprint density at radius 2 is 0.595 bits per heavy atom. The average molecular weight is 1180 g/mol. The van der Waals surface area contributed by atoms with E-state index in [9.17, 15) is 19.8 Å². The molecule has 494 valence electrons. The van der Waals surface area contributed by atoms with Crippen molar-refractivity contribution >= 4 is 11.9 Å². The molecular weight excluding hydrogens is 1030 g/mol. The highest BCUT2D eigenvalue weighted by Gasteiger charge is 2.18. The van der Waals surface area contributed by atoms with Crippen molar-refractivity contribution in [2.75, 3.05) is 13.2 Å². The Kier molecular flexibility index (Phi) is 71.4. The molecule has 0 radical (unpaired) electrons. The number of hydrogen-bond donors (Lipinski definition) is 3. The van der Waals surface area contributed by atoms with Crippen LogP contribution in [0.25, 0.3) is 0 Å². The van der Waals surface area contributed by atoms with Crippen LogP contribution in [0.4, 0.5) is 0 Å². The summed E-state index contributed by atoms with van der Waals surface area (Å²) in [6.07, 6.45) is 96.7. The molecular formula is C78H147NO5. The van der Waals surface area contributed by atoms with Crippen molar-refractivity contribution in [1.29, 1.82) is 0 Å². The predicted molar refractivity (Wildman–Crippen MR) is 370 cm³/mol. The van der Waals surface area contributed by atoms with Crippen molar-refractivity contribution < 1.29 is 24.5 Å². The molecule has 0 heterocycles. The highest BCUT2D eigenvalue weighted by Crippen LogP contribution is 2.19. The summed E-state index contributed by atoms with van der Waals surface area (Å²) >= 11 is 0. The van der Waals surface area contributed by atoms with Crippen LogP contribution < -0.4 is 5.32 Å². The number of allylic oxidation sites excluding steroid dienone is 7. The highest BCUT2D eigenvalue weighted by molar-refractivity contribution is 5.76. The van der Waals surface area contributed by atoms with Crippen LogP contribution in [0.1, 0.15) is 412 Å². The summed E-state index contributed by atoms with van der Waals surface area (Å²) in [6, 6.07) is -0.623. The van der Waals surface area contributed by atoms with Gasteiger partial charge in [0.05, 0.1) is 25.4 Å². The van der Waals surface area contributed by atoms with Gasteiger partial charge in [0.2, 0.25) is 5.91 Å². The van der Waals surface area contributed by atoms with Crippen LogP contribution in [0.15, 0.2) is 48.6 Å². The molecule has 84 heavy (non-hydrogen) atoms. The first-order valence-corrected chi connectivity index (χ1v) is 37.9. The lowest BCUT2D eigenvalue weighted by atomic mass is 10.0. The Balaban J connectivity index is 3.31. The van der Waals surface area contributed by atoms with Gasteiger partial charge in [-0.3, -0.25) is 9.59 Å². The molecule has 6 heteroatoms. The Hall–Kier alpha value is -2.18. The topological polar surface area (TPSA) is 95.9 Å². The quantitative estimate of drug-likeness (QED) is 0.0320. The molecule has 0 aliphatic rings. The summed E-state index contributed by atoms with van der Waals surface area (Å²) in [6.45, 7) is 4.89. The van der Waals surface area contributed by atoms with Crippen LogP contribution in [0.2, 0.25) is 0 Å². The van der Waals surface area contributed by atoms with E-state index in [-0.39, 0.29) is 18.5 Å². The fourth-order valence-corrected chi connectivity index (χ4v) is 11.8. The second-order valence-electron chi connectivity index (χ2n) is 26.0. The number of hydrogen-bond acceptors (Lipinski definition) is 5. The summed E-state index contributed by atoms with van der Waals surface area (Å²) in [5.41, 5.74) is 0. The summed E-state index contributed by atoms with van der Waals surface area (Å²) in [7, 11) is 0. The standard InChI is InChI=1S/C78H147NO5/c1-3-5-7-9-11-13-15-16-17-41-45-48-52-56-60-64-68-72-78(83)84-73-69-65-61-57-53-49-46-43-40-38-36-34-32-30-28-26-24-22-20-18-19-21-23-25-27-29-31-33-35-37-39-42-44-47-51-55-59-63-67-71-77(82)79-75(74-80)76(81)70-66-62-58-54-50-14-12-10-8-6-4-2/h11,13,16-19,66,70,75-76,80-81H,3-10,12,14-15,20-65,67-69,71-74H2,1-2H3,(H,79,82)/b13-11-,17-16-,19-18-,70-66+. The molecule has 0 aliphatic carbocycles. The minimum Gasteiger partial charge on any atom is -0.466 e. The number of unbranched alkanes of at least 4 members (excludes halogenated alkanes) is 54. The number of esters is 1. The van der Waals surface area contributed by atoms with Crippen molar-refractivity contribution in [2.24, 2.45) is 0 Å². The van der Waals surface area contributed by atoms with E-state index in [0.717, 1.165) is 51.4 Å². The zero-order valence-corrected chi connectivity index (χ0v) is 56.6. The van der Waals surface area contributed by atoms with Crippen molar-refractivity contribution in [1.82, 2.24) is 5.32 Å². The fraction of sp³-hybridized carbons (Fsp3) is 0.872. The highest BCUT2D eigenvalue weighted by atomic mass is 16.5. The number of aliphatic hydroxyl groups is 2. The number of carbonyl (C=O) groups excluding carboxylic acids is 2. The summed E-state index contributed by atoms with van der Waals surface area (Å²) in [5.74, 6) is -0.0488. The molecule has 0 aliphatic heterocycles. The van der Waals surface area contributed by atoms with Gasteiger partial charge < -0.3 is 20.3 Å². The van der Waals surface area contributed by atoms with Crippen LogP contribution in [0.5, 0.6) is 0 Å². The van der Waals surface area contributed by atoms with Gasteiger partial charge in [0.15, 0.2) is 0 Å². The molecule has 2 unspecified atom stereocenters. The average Bonchev–Trinajstić information content (AvgIpc) is 3.53. The first kappa shape index (κ1) is 81.8. The molecule has 3 N–H and O–H groups in total. The molecule has 0 rings (SSSR count). The lowest BCUT2D eigenvalue weighted by molar-refractivity contribution is -0.143. The lowest BCUT2D eigenvalue weighted by Gasteiger charge is -2.20. The van der Waals surface area contributed by atoms with Gasteiger partial charge >= 0.3 is 5.97 Å². The maximum absolute atomic E-state index is 12.4. The Labute approximate surface area is 525 Å². The largest absolute Gasteiger partial charge is 0.466 e. The Bertz CT molecular complexity index is 1400. The van der Waals surface area contributed by atoms with Crippen LogP contribution in [0.3, 0.4) is 0 Å². The molecule has 0 saturated heterocycles. The minimum absolute atomic E-state index is 0.0147. The molecule has 1 amide bonds. The van der Waals surface area contributed by atoms with Gasteiger partial charge in [0.25, 0.3) is 0 Å². The Morgan fingerprint density at radius 3 is 0.940 bits per heavy atom. The molecule has 0 bridgehead atoms. The zero-order chi connectivity index (χ0) is 60.6. The molecule has 0 aromatic rings. The second-order valence-corrected chi connectivity index (χ2v) is 26.0. The van der Waals surface area contributed by atoms with Gasteiger partial charge in [-0.15, -0.1) is 0 Å². The van der Waals surface area contributed by atoms with Gasteiger partial charge in [-0.25, -0.2) is 0 Å². The van der Waals surface area contributed by atoms with Crippen LogP contribution >= 0.6 is 0 Å². The van der Waals surface area contributed by atoms with E-state index in [1.807, 2.05) is 6.08 Å². The predicted octanol–water partition coefficient (Wildman–Crippen LogP) is 24.8. The summed E-state index contributed by atoms with van der Waals surface area (Å²) in [4.78, 5) is 24.5. The van der Waals surface area contributed by atoms with Crippen molar-refractivity contribution in [3.63, 3.8) is 0 Å². The lowest BCUT2D eigenvalue weighted by Crippen LogP contribution is -2.45. The third-order valence-corrected chi connectivity index (χ3v) is 17.6. The summed E-state index contributed by atoms with van der Waals surface area (Å²) in [5, 5.41) is 23.1. The third kappa shape index (κ3) is 68.9. The molecule has 0 fully saturated rings. The van der Waals surface area contributed by atoms with Crippen LogP contribution in [0, 0.1) is 0 Å². The molecule has 6 nitrogen and oxygen atoms in total. The van der Waals surface area contributed by atoms with E-state index in [1.54, 1.807) is 6.08 Å². The van der Waals surface area contributed by atoms with E-state index < -0.39 is 12.1 Å². The number of nitrogens with one attached hydrogen (secondary N) is 1. The third-order valence-electron chi connectivity index (χ3n) is 17.6. The molecule has 0 spiro atoms. The van der Waals surface area contributed by atoms with Gasteiger partial charge in [0, 0.05) is 12.8 Å². The number of aliphatic hydroxyl groups excluding tert-OH is 2. The van der Waals surface area contributed by atoms with Crippen LogP contribution in [-0.2, 0) is 14.3 Å². The van der Waals surface area contributed by atoms with E-state index in [4.69, 9.17) is 4.74 Å². The maximum Gasteiger partial charge on any atom is 0.305 e. The first-order valence-electron chi connectivity index (χ1n) is 37.9.